The molecule has 1 heterocycles. The first kappa shape index (κ1) is 25.4. The minimum atomic E-state index is -3.43. The molecule has 0 radical (unpaired) electrons. The molecule has 0 bridgehead atoms. The van der Waals surface area contributed by atoms with E-state index in [1.807, 2.05) is 0 Å². The number of pyridine rings is 1. The van der Waals surface area contributed by atoms with Crippen molar-refractivity contribution in [3.8, 4) is 22.6 Å². The first-order chi connectivity index (χ1) is 16.1. The van der Waals surface area contributed by atoms with Gasteiger partial charge in [0.05, 0.1) is 23.7 Å². The highest BCUT2D eigenvalue weighted by Crippen LogP contribution is 2.35. The van der Waals surface area contributed by atoms with Gasteiger partial charge >= 0.3 is 6.61 Å². The standard InChI is InChI=1S/C24H25F3N2O4S/c1-3-32-23-12-15(8-9-22(23)33-24(26)27)17(14-34(2,30)31)11-21-20(28)10-16(13-29-21)18-6-4-5-7-19(18)25/h4-10,12-13,17,24H,3,11,14,28H2,1-2H3. The van der Waals surface area contributed by atoms with Crippen molar-refractivity contribution in [2.45, 2.75) is 25.9 Å². The molecule has 2 aromatic carbocycles. The van der Waals surface area contributed by atoms with Crippen molar-refractivity contribution in [3.63, 3.8) is 0 Å². The summed E-state index contributed by atoms with van der Waals surface area (Å²) in [6.45, 7) is -1.14. The van der Waals surface area contributed by atoms with Crippen LogP contribution < -0.4 is 15.2 Å². The molecule has 1 aromatic heterocycles. The molecule has 10 heteroatoms. The number of sulfone groups is 1. The lowest BCUT2D eigenvalue weighted by atomic mass is 9.94. The van der Waals surface area contributed by atoms with Crippen LogP contribution in [0.3, 0.4) is 0 Å². The number of halogens is 3. The topological polar surface area (TPSA) is 91.5 Å². The van der Waals surface area contributed by atoms with Crippen LogP contribution in [0.5, 0.6) is 11.5 Å². The molecule has 0 aliphatic rings. The van der Waals surface area contributed by atoms with Gasteiger partial charge in [0.15, 0.2) is 11.5 Å². The zero-order valence-electron chi connectivity index (χ0n) is 18.7. The van der Waals surface area contributed by atoms with Gasteiger partial charge in [-0.25, -0.2) is 12.8 Å². The number of nitrogens with two attached hydrogens (primary N) is 1. The molecule has 34 heavy (non-hydrogen) atoms. The quantitative estimate of drug-likeness (QED) is 0.434. The van der Waals surface area contributed by atoms with Gasteiger partial charge in [0, 0.05) is 29.5 Å². The van der Waals surface area contributed by atoms with Crippen molar-refractivity contribution >= 4 is 15.5 Å². The first-order valence-electron chi connectivity index (χ1n) is 10.5. The van der Waals surface area contributed by atoms with Crippen LogP contribution in [0, 0.1) is 5.82 Å². The van der Waals surface area contributed by atoms with Crippen LogP contribution in [0.25, 0.3) is 11.1 Å². The Bertz CT molecular complexity index is 1250. The summed E-state index contributed by atoms with van der Waals surface area (Å²) in [7, 11) is -3.43. The number of hydrogen-bond acceptors (Lipinski definition) is 6. The number of benzene rings is 2. The van der Waals surface area contributed by atoms with E-state index in [1.165, 1.54) is 30.5 Å². The Kier molecular flexibility index (Phi) is 8.03. The van der Waals surface area contributed by atoms with Gasteiger partial charge in [0.25, 0.3) is 0 Å². The minimum Gasteiger partial charge on any atom is -0.490 e. The fourth-order valence-corrected chi connectivity index (χ4v) is 4.68. The van der Waals surface area contributed by atoms with E-state index in [-0.39, 0.29) is 36.0 Å². The van der Waals surface area contributed by atoms with Crippen molar-refractivity contribution in [2.75, 3.05) is 24.3 Å². The van der Waals surface area contributed by atoms with Gasteiger partial charge in [-0.2, -0.15) is 8.78 Å². The molecule has 1 unspecified atom stereocenters. The predicted octanol–water partition coefficient (Wildman–Crippen LogP) is 4.84. The van der Waals surface area contributed by atoms with Gasteiger partial charge < -0.3 is 15.2 Å². The van der Waals surface area contributed by atoms with Crippen molar-refractivity contribution in [1.82, 2.24) is 4.98 Å². The van der Waals surface area contributed by atoms with E-state index in [2.05, 4.69) is 9.72 Å². The van der Waals surface area contributed by atoms with Gasteiger partial charge in [0.2, 0.25) is 0 Å². The Balaban J connectivity index is 1.96. The SMILES string of the molecule is CCOc1cc(C(Cc2ncc(-c3ccccc3F)cc2N)CS(C)(=O)=O)ccc1OC(F)F. The number of aromatic nitrogens is 1. The monoisotopic (exact) mass is 494 g/mol. The summed E-state index contributed by atoms with van der Waals surface area (Å²) in [5.41, 5.74) is 8.28. The highest BCUT2D eigenvalue weighted by Gasteiger charge is 2.23. The summed E-state index contributed by atoms with van der Waals surface area (Å²) >= 11 is 0. The Morgan fingerprint density at radius 3 is 2.44 bits per heavy atom. The molecule has 182 valence electrons. The van der Waals surface area contributed by atoms with Crippen LogP contribution in [0.2, 0.25) is 0 Å². The fraction of sp³-hybridized carbons (Fsp3) is 0.292. The van der Waals surface area contributed by atoms with Crippen LogP contribution >= 0.6 is 0 Å². The third-order valence-corrected chi connectivity index (χ3v) is 6.10. The molecule has 0 aliphatic carbocycles. The lowest BCUT2D eigenvalue weighted by Crippen LogP contribution is -2.17. The third kappa shape index (κ3) is 6.63. The van der Waals surface area contributed by atoms with Crippen LogP contribution in [0.4, 0.5) is 18.9 Å². The number of anilines is 1. The number of rotatable bonds is 10. The molecular formula is C24H25F3N2O4S. The molecule has 0 saturated carbocycles. The molecule has 3 rings (SSSR count). The zero-order valence-corrected chi connectivity index (χ0v) is 19.5. The largest absolute Gasteiger partial charge is 0.490 e. The van der Waals surface area contributed by atoms with Crippen LogP contribution in [-0.2, 0) is 16.3 Å². The summed E-state index contributed by atoms with van der Waals surface area (Å²) in [6.07, 6.45) is 2.74. The Morgan fingerprint density at radius 1 is 1.09 bits per heavy atom. The van der Waals surface area contributed by atoms with E-state index in [9.17, 15) is 21.6 Å². The fourth-order valence-electron chi connectivity index (χ4n) is 3.64. The van der Waals surface area contributed by atoms with Gasteiger partial charge in [-0.1, -0.05) is 24.3 Å². The van der Waals surface area contributed by atoms with E-state index in [0.29, 0.717) is 22.4 Å². The summed E-state index contributed by atoms with van der Waals surface area (Å²) in [5, 5.41) is 0. The van der Waals surface area contributed by atoms with Crippen LogP contribution in [0.1, 0.15) is 24.1 Å². The van der Waals surface area contributed by atoms with Crippen molar-refractivity contribution in [3.05, 3.63) is 71.8 Å². The zero-order chi connectivity index (χ0) is 24.9. The van der Waals surface area contributed by atoms with Crippen molar-refractivity contribution in [1.29, 1.82) is 0 Å². The lowest BCUT2D eigenvalue weighted by Gasteiger charge is -2.20. The molecule has 6 nitrogen and oxygen atoms in total. The maximum absolute atomic E-state index is 14.1. The van der Waals surface area contributed by atoms with E-state index < -0.39 is 28.2 Å². The van der Waals surface area contributed by atoms with Gasteiger partial charge in [0.1, 0.15) is 15.7 Å². The van der Waals surface area contributed by atoms with Gasteiger partial charge in [-0.15, -0.1) is 0 Å². The Hall–Kier alpha value is -3.27. The lowest BCUT2D eigenvalue weighted by molar-refractivity contribution is -0.0514. The molecule has 0 aliphatic heterocycles. The van der Waals surface area contributed by atoms with E-state index in [1.54, 1.807) is 31.2 Å². The van der Waals surface area contributed by atoms with Crippen molar-refractivity contribution < 1.29 is 31.1 Å². The second kappa shape index (κ2) is 10.8. The molecule has 0 amide bonds. The second-order valence-corrected chi connectivity index (χ2v) is 9.94. The normalized spacial score (nSPS) is 12.5. The van der Waals surface area contributed by atoms with E-state index in [0.717, 1.165) is 6.26 Å². The summed E-state index contributed by atoms with van der Waals surface area (Å²) in [5.74, 6) is -1.31. The van der Waals surface area contributed by atoms with E-state index >= 15 is 0 Å². The number of nitrogen functional groups attached to an aromatic ring is 1. The predicted molar refractivity (Wildman–Crippen MR) is 124 cm³/mol. The number of hydrogen-bond donors (Lipinski definition) is 1. The molecule has 3 aromatic rings. The third-order valence-electron chi connectivity index (χ3n) is 5.09. The average molecular weight is 495 g/mol. The van der Waals surface area contributed by atoms with E-state index in [4.69, 9.17) is 10.5 Å². The summed E-state index contributed by atoms with van der Waals surface area (Å²) in [4.78, 5) is 4.37. The molecule has 2 N–H and O–H groups in total. The highest BCUT2D eigenvalue weighted by molar-refractivity contribution is 7.90. The molecule has 1 atom stereocenters. The Morgan fingerprint density at radius 2 is 1.82 bits per heavy atom. The average Bonchev–Trinajstić information content (AvgIpc) is 2.75. The molecule has 0 spiro atoms. The summed E-state index contributed by atoms with van der Waals surface area (Å²) < 4.78 is 73.8. The smallest absolute Gasteiger partial charge is 0.387 e. The Labute approximate surface area is 196 Å². The van der Waals surface area contributed by atoms with Crippen LogP contribution in [0.15, 0.2) is 54.7 Å². The van der Waals surface area contributed by atoms with Gasteiger partial charge in [-0.3, -0.25) is 4.98 Å². The number of alkyl halides is 2. The maximum Gasteiger partial charge on any atom is 0.387 e. The van der Waals surface area contributed by atoms with Gasteiger partial charge in [-0.05, 0) is 43.2 Å². The number of nitrogens with zero attached hydrogens (tertiary/aromatic N) is 1. The molecule has 0 saturated heterocycles. The minimum absolute atomic E-state index is 0.0784. The second-order valence-electron chi connectivity index (χ2n) is 7.75. The number of ether oxygens (including phenoxy) is 2. The first-order valence-corrected chi connectivity index (χ1v) is 12.5. The molecule has 0 fully saturated rings. The maximum atomic E-state index is 14.1. The van der Waals surface area contributed by atoms with Crippen LogP contribution in [-0.4, -0.2) is 38.6 Å². The van der Waals surface area contributed by atoms with Crippen molar-refractivity contribution in [2.24, 2.45) is 0 Å². The summed E-state index contributed by atoms with van der Waals surface area (Å²) in [6, 6.07) is 12.1. The highest BCUT2D eigenvalue weighted by atomic mass is 32.2. The molecular weight excluding hydrogens is 469 g/mol.